The zero-order valence-corrected chi connectivity index (χ0v) is 8.34. The molecule has 2 rings (SSSR count). The van der Waals surface area contributed by atoms with Crippen molar-refractivity contribution in [2.75, 3.05) is 5.73 Å². The van der Waals surface area contributed by atoms with E-state index in [1.807, 2.05) is 0 Å². The molecule has 0 saturated carbocycles. The number of anilines is 1. The van der Waals surface area contributed by atoms with Crippen molar-refractivity contribution in [3.8, 4) is 11.4 Å². The first-order chi connectivity index (χ1) is 7.15. The normalized spacial score (nSPS) is 10.1. The molecule has 0 amide bonds. The highest BCUT2D eigenvalue weighted by Gasteiger charge is 2.01. The van der Waals surface area contributed by atoms with Gasteiger partial charge in [0, 0.05) is 17.8 Å². The third-order valence-electron chi connectivity index (χ3n) is 1.72. The molecule has 0 aromatic carbocycles. The second kappa shape index (κ2) is 3.62. The van der Waals surface area contributed by atoms with Crippen LogP contribution in [0.2, 0.25) is 0 Å². The second-order valence-corrected chi connectivity index (χ2v) is 3.17. The number of aromatic nitrogens is 4. The minimum Gasteiger partial charge on any atom is -0.369 e. The predicted octanol–water partition coefficient (Wildman–Crippen LogP) is 0.472. The van der Waals surface area contributed by atoms with Gasteiger partial charge in [-0.05, 0) is 18.3 Å². The van der Waals surface area contributed by atoms with Gasteiger partial charge in [0.1, 0.15) is 5.82 Å². The van der Waals surface area contributed by atoms with Gasteiger partial charge in [-0.25, -0.2) is 4.98 Å². The van der Waals surface area contributed by atoms with Crippen molar-refractivity contribution in [2.45, 2.75) is 0 Å². The number of nitrogens with one attached hydrogen (secondary N) is 2. The molecule has 0 atom stereocenters. The Bertz CT molecular complexity index is 602. The number of nitrogen functional groups attached to an aromatic ring is 1. The average Bonchev–Trinajstić information content (AvgIpc) is 2.16. The number of nitrogens with zero attached hydrogens (tertiary/aromatic N) is 2. The molecule has 0 fully saturated rings. The van der Waals surface area contributed by atoms with Gasteiger partial charge in [-0.3, -0.25) is 4.79 Å². The van der Waals surface area contributed by atoms with Gasteiger partial charge in [-0.2, -0.15) is 4.98 Å². The van der Waals surface area contributed by atoms with Crippen LogP contribution in [0.4, 0.5) is 5.95 Å². The zero-order chi connectivity index (χ0) is 10.8. The Kier molecular flexibility index (Phi) is 2.30. The van der Waals surface area contributed by atoms with Crippen LogP contribution in [0.25, 0.3) is 11.4 Å². The lowest BCUT2D eigenvalue weighted by molar-refractivity contribution is 1.05. The quantitative estimate of drug-likeness (QED) is 0.608. The highest BCUT2D eigenvalue weighted by molar-refractivity contribution is 7.71. The third kappa shape index (κ3) is 2.08. The number of nitrogens with two attached hydrogens (primary N) is 1. The number of hydrogen-bond acceptors (Lipinski definition) is 5. The Morgan fingerprint density at radius 3 is 2.87 bits per heavy atom. The van der Waals surface area contributed by atoms with E-state index < -0.39 is 0 Å². The molecule has 2 heterocycles. The van der Waals surface area contributed by atoms with Gasteiger partial charge < -0.3 is 15.7 Å². The molecule has 4 N–H and O–H groups in total. The summed E-state index contributed by atoms with van der Waals surface area (Å²) in [4.78, 5) is 24.0. The smallest absolute Gasteiger partial charge is 0.248 e. The fraction of sp³-hybridized carbons (Fsp3) is 0. The largest absolute Gasteiger partial charge is 0.369 e. The van der Waals surface area contributed by atoms with E-state index in [-0.39, 0.29) is 16.3 Å². The lowest BCUT2D eigenvalue weighted by atomic mass is 10.2. The van der Waals surface area contributed by atoms with E-state index >= 15 is 0 Å². The van der Waals surface area contributed by atoms with Crippen molar-refractivity contribution in [3.63, 3.8) is 0 Å². The minimum atomic E-state index is -0.219. The molecule has 6 nitrogen and oxygen atoms in total. The van der Waals surface area contributed by atoms with Crippen molar-refractivity contribution in [3.05, 3.63) is 33.5 Å². The van der Waals surface area contributed by atoms with Crippen LogP contribution >= 0.6 is 12.2 Å². The first kappa shape index (κ1) is 9.53. The van der Waals surface area contributed by atoms with Gasteiger partial charge in [0.25, 0.3) is 0 Å². The number of rotatable bonds is 1. The standard InChI is InChI=1S/C8H7N5OS/c9-7-11-6(12-8(15)13-7)4-1-2-10-5(14)3-4/h1-3H,(H,10,14)(H3,9,11,12,13,15). The topological polar surface area (TPSA) is 100 Å². The van der Waals surface area contributed by atoms with Gasteiger partial charge in [0.05, 0.1) is 0 Å². The molecular weight excluding hydrogens is 214 g/mol. The van der Waals surface area contributed by atoms with Crippen molar-refractivity contribution in [2.24, 2.45) is 0 Å². The molecule has 0 aliphatic heterocycles. The first-order valence-electron chi connectivity index (χ1n) is 4.08. The van der Waals surface area contributed by atoms with Crippen LogP contribution in [-0.4, -0.2) is 19.9 Å². The molecule has 0 bridgehead atoms. The molecule has 76 valence electrons. The Morgan fingerprint density at radius 2 is 2.20 bits per heavy atom. The van der Waals surface area contributed by atoms with Crippen LogP contribution in [0.1, 0.15) is 0 Å². The van der Waals surface area contributed by atoms with E-state index in [9.17, 15) is 4.79 Å². The first-order valence-corrected chi connectivity index (χ1v) is 4.49. The van der Waals surface area contributed by atoms with Gasteiger partial charge in [-0.15, -0.1) is 0 Å². The zero-order valence-electron chi connectivity index (χ0n) is 7.52. The monoisotopic (exact) mass is 221 g/mol. The van der Waals surface area contributed by atoms with Gasteiger partial charge >= 0.3 is 0 Å². The van der Waals surface area contributed by atoms with Gasteiger partial charge in [0.15, 0.2) is 0 Å². The van der Waals surface area contributed by atoms with Crippen LogP contribution in [0.3, 0.4) is 0 Å². The van der Waals surface area contributed by atoms with E-state index in [1.54, 1.807) is 6.07 Å². The van der Waals surface area contributed by atoms with Crippen LogP contribution in [-0.2, 0) is 0 Å². The van der Waals surface area contributed by atoms with Crippen molar-refractivity contribution in [1.29, 1.82) is 0 Å². The summed E-state index contributed by atoms with van der Waals surface area (Å²) in [5.41, 5.74) is 5.87. The third-order valence-corrected chi connectivity index (χ3v) is 1.90. The lowest BCUT2D eigenvalue weighted by Gasteiger charge is -2.00. The Labute approximate surface area is 89.2 Å². The fourth-order valence-corrected chi connectivity index (χ4v) is 1.32. The molecule has 0 radical (unpaired) electrons. The highest BCUT2D eigenvalue weighted by atomic mass is 32.1. The number of pyridine rings is 1. The lowest BCUT2D eigenvalue weighted by Crippen LogP contribution is -2.05. The number of hydrogen-bond donors (Lipinski definition) is 3. The van der Waals surface area contributed by atoms with Crippen molar-refractivity contribution in [1.82, 2.24) is 19.9 Å². The summed E-state index contributed by atoms with van der Waals surface area (Å²) < 4.78 is 0.140. The molecule has 0 spiro atoms. The highest BCUT2D eigenvalue weighted by Crippen LogP contribution is 2.10. The molecule has 0 aliphatic rings. The summed E-state index contributed by atoms with van der Waals surface area (Å²) in [6.07, 6.45) is 1.52. The Hall–Kier alpha value is -2.02. The van der Waals surface area contributed by atoms with E-state index in [4.69, 9.17) is 18.0 Å². The summed E-state index contributed by atoms with van der Waals surface area (Å²) in [5.74, 6) is 0.601. The molecule has 0 aliphatic carbocycles. The summed E-state index contributed by atoms with van der Waals surface area (Å²) in [5, 5.41) is 0. The van der Waals surface area contributed by atoms with Gasteiger partial charge in [0.2, 0.25) is 16.3 Å². The van der Waals surface area contributed by atoms with E-state index in [0.29, 0.717) is 11.4 Å². The molecule has 0 saturated heterocycles. The van der Waals surface area contributed by atoms with E-state index in [0.717, 1.165) is 0 Å². The second-order valence-electron chi connectivity index (χ2n) is 2.81. The number of aromatic amines is 2. The molecule has 15 heavy (non-hydrogen) atoms. The maximum absolute atomic E-state index is 11.1. The molecule has 0 unspecified atom stereocenters. The molecule has 7 heteroatoms. The molecule has 2 aromatic rings. The minimum absolute atomic E-state index is 0.140. The Balaban J connectivity index is 2.64. The van der Waals surface area contributed by atoms with Crippen LogP contribution in [0.5, 0.6) is 0 Å². The van der Waals surface area contributed by atoms with Gasteiger partial charge in [-0.1, -0.05) is 0 Å². The van der Waals surface area contributed by atoms with Crippen LogP contribution in [0, 0.1) is 4.77 Å². The summed E-state index contributed by atoms with van der Waals surface area (Å²) in [7, 11) is 0. The van der Waals surface area contributed by atoms with Crippen LogP contribution < -0.4 is 11.3 Å². The Morgan fingerprint density at radius 1 is 1.40 bits per heavy atom. The van der Waals surface area contributed by atoms with Crippen molar-refractivity contribution < 1.29 is 0 Å². The van der Waals surface area contributed by atoms with Crippen LogP contribution in [0.15, 0.2) is 23.1 Å². The average molecular weight is 221 g/mol. The van der Waals surface area contributed by atoms with E-state index in [1.165, 1.54) is 12.3 Å². The molecular formula is C8H7N5OS. The van der Waals surface area contributed by atoms with E-state index in [2.05, 4.69) is 19.9 Å². The number of H-pyrrole nitrogens is 2. The predicted molar refractivity (Wildman–Crippen MR) is 57.7 cm³/mol. The maximum Gasteiger partial charge on any atom is 0.248 e. The summed E-state index contributed by atoms with van der Waals surface area (Å²) in [6.45, 7) is 0. The summed E-state index contributed by atoms with van der Waals surface area (Å²) >= 11 is 4.81. The van der Waals surface area contributed by atoms with Crippen molar-refractivity contribution >= 4 is 18.2 Å². The SMILES string of the molecule is Nc1nc(=S)nc(-c2cc[nH]c(=O)c2)[nH]1. The maximum atomic E-state index is 11.1. The summed E-state index contributed by atoms with van der Waals surface area (Å²) in [6, 6.07) is 3.08. The fourth-order valence-electron chi connectivity index (χ4n) is 1.13. The molecule has 2 aromatic heterocycles.